The number of para-hydroxylation sites is 1. The van der Waals surface area contributed by atoms with Crippen LogP contribution >= 0.6 is 0 Å². The first-order valence-corrected chi connectivity index (χ1v) is 19.8. The molecule has 2 nitrogen and oxygen atoms in total. The Labute approximate surface area is 337 Å². The van der Waals surface area contributed by atoms with E-state index < -0.39 is 0 Å². The molecule has 0 saturated heterocycles. The number of hydrogen-bond donors (Lipinski definition) is 0. The van der Waals surface area contributed by atoms with Gasteiger partial charge in [0, 0.05) is 32.5 Å². The molecule has 10 aromatic carbocycles. The maximum atomic E-state index is 6.91. The second kappa shape index (κ2) is 14.1. The minimum absolute atomic E-state index is 0.869. The van der Waals surface area contributed by atoms with Crippen LogP contribution in [0.2, 0.25) is 0 Å². The summed E-state index contributed by atoms with van der Waals surface area (Å²) in [6.07, 6.45) is 0. The third-order valence-corrected chi connectivity index (χ3v) is 11.5. The summed E-state index contributed by atoms with van der Waals surface area (Å²) >= 11 is 0. The van der Waals surface area contributed by atoms with Crippen LogP contribution < -0.4 is 4.90 Å². The third kappa shape index (κ3) is 5.66. The number of benzene rings is 10. The van der Waals surface area contributed by atoms with Crippen molar-refractivity contribution in [2.24, 2.45) is 0 Å². The highest BCUT2D eigenvalue weighted by atomic mass is 16.3. The Morgan fingerprint density at radius 1 is 0.293 bits per heavy atom. The largest absolute Gasteiger partial charge is 0.455 e. The normalized spacial score (nSPS) is 11.4. The van der Waals surface area contributed by atoms with Gasteiger partial charge in [-0.3, -0.25) is 0 Å². The van der Waals surface area contributed by atoms with Crippen LogP contribution in [-0.4, -0.2) is 0 Å². The van der Waals surface area contributed by atoms with E-state index >= 15 is 0 Å². The van der Waals surface area contributed by atoms with Gasteiger partial charge in [0.25, 0.3) is 0 Å². The molecule has 0 amide bonds. The van der Waals surface area contributed by atoms with Gasteiger partial charge < -0.3 is 9.32 Å². The molecular weight excluding hydrogens is 703 g/mol. The molecule has 2 heteroatoms. The minimum Gasteiger partial charge on any atom is -0.455 e. The van der Waals surface area contributed by atoms with Crippen molar-refractivity contribution in [1.29, 1.82) is 0 Å². The highest BCUT2D eigenvalue weighted by molar-refractivity contribution is 6.23. The van der Waals surface area contributed by atoms with E-state index in [1.54, 1.807) is 0 Å². The van der Waals surface area contributed by atoms with E-state index in [1.807, 2.05) is 0 Å². The topological polar surface area (TPSA) is 16.4 Å². The average molecular weight is 740 g/mol. The van der Waals surface area contributed by atoms with Crippen molar-refractivity contribution >= 4 is 60.5 Å². The van der Waals surface area contributed by atoms with Crippen molar-refractivity contribution in [2.45, 2.75) is 0 Å². The van der Waals surface area contributed by atoms with Gasteiger partial charge in [-0.05, 0) is 68.6 Å². The molecule has 0 aliphatic rings. The molecule has 0 fully saturated rings. The summed E-state index contributed by atoms with van der Waals surface area (Å²) < 4.78 is 6.91. The van der Waals surface area contributed by atoms with Crippen molar-refractivity contribution in [2.75, 3.05) is 4.90 Å². The van der Waals surface area contributed by atoms with Crippen LogP contribution in [0.3, 0.4) is 0 Å². The van der Waals surface area contributed by atoms with Crippen molar-refractivity contribution in [3.63, 3.8) is 0 Å². The fourth-order valence-electron chi connectivity index (χ4n) is 8.80. The lowest BCUT2D eigenvalue weighted by Crippen LogP contribution is -2.12. The van der Waals surface area contributed by atoms with Crippen LogP contribution in [0.5, 0.6) is 0 Å². The molecule has 0 spiro atoms. The second-order valence-corrected chi connectivity index (χ2v) is 14.8. The van der Waals surface area contributed by atoms with Crippen molar-refractivity contribution in [3.05, 3.63) is 224 Å². The Bertz CT molecular complexity index is 3270. The molecule has 1 heterocycles. The molecule has 0 aliphatic heterocycles. The highest BCUT2D eigenvalue weighted by Crippen LogP contribution is 2.50. The zero-order valence-electron chi connectivity index (χ0n) is 31.7. The van der Waals surface area contributed by atoms with Gasteiger partial charge in [-0.25, -0.2) is 0 Å². The predicted octanol–water partition coefficient (Wildman–Crippen LogP) is 16.0. The first kappa shape index (κ1) is 33.6. The number of hydrogen-bond acceptors (Lipinski definition) is 2. The molecule has 0 saturated carbocycles. The molecule has 0 aliphatic carbocycles. The fraction of sp³-hybridized carbons (Fsp3) is 0. The Hall–Kier alpha value is -7.68. The summed E-state index contributed by atoms with van der Waals surface area (Å²) in [6, 6.07) is 80.6. The molecule has 11 aromatic rings. The number of furan rings is 1. The maximum absolute atomic E-state index is 6.91. The Morgan fingerprint density at radius 2 is 0.810 bits per heavy atom. The standard InChI is InChI=1S/C56H37NO/c1-3-17-38(18-4-1)39-33-35-42(36-34-39)45-25-13-14-30-51(45)57(52-31-15-22-41-21-7-8-24-44(41)52)53-37-50-55-48(46-26-10-9-23-43(46)40-19-5-2-6-20-40)29-16-32-54(55)58-56(50)49-28-12-11-27-47(49)53/h1-37H. The average Bonchev–Trinajstić information content (AvgIpc) is 3.69. The second-order valence-electron chi connectivity index (χ2n) is 14.8. The van der Waals surface area contributed by atoms with Gasteiger partial charge in [-0.15, -0.1) is 0 Å². The third-order valence-electron chi connectivity index (χ3n) is 11.5. The molecule has 11 rings (SSSR count). The quantitative estimate of drug-likeness (QED) is 0.162. The van der Waals surface area contributed by atoms with Gasteiger partial charge in [0.1, 0.15) is 11.2 Å². The Balaban J connectivity index is 1.20. The molecule has 58 heavy (non-hydrogen) atoms. The van der Waals surface area contributed by atoms with Crippen molar-refractivity contribution in [3.8, 4) is 44.5 Å². The molecule has 1 aromatic heterocycles. The van der Waals surface area contributed by atoms with Crippen LogP contribution in [0.1, 0.15) is 0 Å². The molecular formula is C56H37NO. The molecule has 0 unspecified atom stereocenters. The van der Waals surface area contributed by atoms with Crippen LogP contribution in [-0.2, 0) is 0 Å². The summed E-state index contributed by atoms with van der Waals surface area (Å²) in [4.78, 5) is 2.48. The lowest BCUT2D eigenvalue weighted by molar-refractivity contribution is 0.673. The first-order valence-electron chi connectivity index (χ1n) is 19.8. The van der Waals surface area contributed by atoms with E-state index in [2.05, 4.69) is 229 Å². The Kier molecular flexibility index (Phi) is 8.19. The van der Waals surface area contributed by atoms with E-state index in [0.29, 0.717) is 0 Å². The number of nitrogens with zero attached hydrogens (tertiary/aromatic N) is 1. The number of anilines is 3. The van der Waals surface area contributed by atoms with E-state index in [-0.39, 0.29) is 0 Å². The molecule has 0 N–H and O–H groups in total. The monoisotopic (exact) mass is 739 g/mol. The predicted molar refractivity (Wildman–Crippen MR) is 245 cm³/mol. The molecule has 0 atom stereocenters. The van der Waals surface area contributed by atoms with Gasteiger partial charge >= 0.3 is 0 Å². The van der Waals surface area contributed by atoms with Gasteiger partial charge in [-0.2, -0.15) is 0 Å². The lowest BCUT2D eigenvalue weighted by atomic mass is 9.91. The molecule has 0 radical (unpaired) electrons. The van der Waals surface area contributed by atoms with E-state index in [1.165, 1.54) is 38.6 Å². The number of rotatable bonds is 7. The van der Waals surface area contributed by atoms with Crippen molar-refractivity contribution in [1.82, 2.24) is 0 Å². The highest BCUT2D eigenvalue weighted by Gasteiger charge is 2.25. The van der Waals surface area contributed by atoms with Gasteiger partial charge in [0.2, 0.25) is 0 Å². The van der Waals surface area contributed by atoms with E-state index in [9.17, 15) is 0 Å². The Morgan fingerprint density at radius 3 is 1.60 bits per heavy atom. The summed E-state index contributed by atoms with van der Waals surface area (Å²) in [5, 5.41) is 6.74. The maximum Gasteiger partial charge on any atom is 0.143 e. The molecule has 0 bridgehead atoms. The lowest BCUT2D eigenvalue weighted by Gasteiger charge is -2.30. The fourth-order valence-corrected chi connectivity index (χ4v) is 8.80. The first-order chi connectivity index (χ1) is 28.8. The number of fused-ring (bicyclic) bond motifs is 6. The summed E-state index contributed by atoms with van der Waals surface area (Å²) in [7, 11) is 0. The zero-order valence-corrected chi connectivity index (χ0v) is 31.7. The van der Waals surface area contributed by atoms with Crippen LogP contribution in [0.25, 0.3) is 88.0 Å². The SMILES string of the molecule is c1ccc(-c2ccc(-c3ccccc3N(c3cccc4ccccc34)c3cc4c(oc5cccc(-c6ccccc6-c6ccccc6)c54)c4ccccc34)cc2)cc1. The van der Waals surface area contributed by atoms with Crippen LogP contribution in [0.15, 0.2) is 229 Å². The summed E-state index contributed by atoms with van der Waals surface area (Å²) in [5.41, 5.74) is 14.4. The zero-order chi connectivity index (χ0) is 38.4. The van der Waals surface area contributed by atoms with Crippen LogP contribution in [0.4, 0.5) is 17.1 Å². The van der Waals surface area contributed by atoms with Gasteiger partial charge in [0.15, 0.2) is 0 Å². The van der Waals surface area contributed by atoms with E-state index in [4.69, 9.17) is 4.42 Å². The van der Waals surface area contributed by atoms with Gasteiger partial charge in [-0.1, -0.05) is 200 Å². The van der Waals surface area contributed by atoms with E-state index in [0.717, 1.165) is 66.5 Å². The van der Waals surface area contributed by atoms with Gasteiger partial charge in [0.05, 0.1) is 17.1 Å². The van der Waals surface area contributed by atoms with Crippen LogP contribution in [0, 0.1) is 0 Å². The smallest absolute Gasteiger partial charge is 0.143 e. The van der Waals surface area contributed by atoms with Crippen molar-refractivity contribution < 1.29 is 4.42 Å². The summed E-state index contributed by atoms with van der Waals surface area (Å²) in [6.45, 7) is 0. The minimum atomic E-state index is 0.869. The summed E-state index contributed by atoms with van der Waals surface area (Å²) in [5.74, 6) is 0. The molecule has 272 valence electrons.